The van der Waals surface area contributed by atoms with Crippen molar-refractivity contribution in [2.24, 2.45) is 0 Å². The summed E-state index contributed by atoms with van der Waals surface area (Å²) in [6, 6.07) is 3.13. The molecule has 0 aliphatic rings. The monoisotopic (exact) mass is 347 g/mol. The van der Waals surface area contributed by atoms with Crippen molar-refractivity contribution < 1.29 is 8.42 Å². The summed E-state index contributed by atoms with van der Waals surface area (Å²) in [4.78, 5) is 0. The normalized spacial score (nSPS) is 12.3. The van der Waals surface area contributed by atoms with E-state index in [0.29, 0.717) is 10.9 Å². The second-order valence-corrected chi connectivity index (χ2v) is 8.77. The van der Waals surface area contributed by atoms with Crippen LogP contribution in [-0.4, -0.2) is 29.6 Å². The standard InChI is InChI=1S/C13H18ClN3O2S2/c1-5-17-10(3)11(9(2)15-17)8-16(4)21(18,19)13-7-6-12(14)20-13/h6-7H,5,8H2,1-4H3. The fourth-order valence-corrected chi connectivity index (χ4v) is 5.00. The van der Waals surface area contributed by atoms with Crippen molar-refractivity contribution in [2.75, 3.05) is 7.05 Å². The average Bonchev–Trinajstić information content (AvgIpc) is 2.97. The van der Waals surface area contributed by atoms with Gasteiger partial charge in [-0.3, -0.25) is 4.68 Å². The number of nitrogens with zero attached hydrogens (tertiary/aromatic N) is 3. The van der Waals surface area contributed by atoms with Crippen molar-refractivity contribution in [1.29, 1.82) is 0 Å². The molecule has 2 aromatic rings. The summed E-state index contributed by atoms with van der Waals surface area (Å²) in [5.41, 5.74) is 2.81. The van der Waals surface area contributed by atoms with Gasteiger partial charge in [0, 0.05) is 31.4 Å². The van der Waals surface area contributed by atoms with Gasteiger partial charge in [0.15, 0.2) is 0 Å². The van der Waals surface area contributed by atoms with E-state index < -0.39 is 10.0 Å². The summed E-state index contributed by atoms with van der Waals surface area (Å²) in [6.45, 7) is 6.94. The minimum atomic E-state index is -3.52. The van der Waals surface area contributed by atoms with Crippen LogP contribution in [0.25, 0.3) is 0 Å². The maximum atomic E-state index is 12.5. The minimum absolute atomic E-state index is 0.258. The molecule has 0 aliphatic heterocycles. The van der Waals surface area contributed by atoms with Crippen LogP contribution in [0.3, 0.4) is 0 Å². The molecular weight excluding hydrogens is 330 g/mol. The fourth-order valence-electron chi connectivity index (χ4n) is 2.17. The second kappa shape index (κ2) is 6.08. The Morgan fingerprint density at radius 3 is 2.52 bits per heavy atom. The largest absolute Gasteiger partial charge is 0.270 e. The minimum Gasteiger partial charge on any atom is -0.270 e. The van der Waals surface area contributed by atoms with Gasteiger partial charge in [0.25, 0.3) is 10.0 Å². The first kappa shape index (κ1) is 16.5. The molecule has 0 radical (unpaired) electrons. The van der Waals surface area contributed by atoms with Gasteiger partial charge in [0.1, 0.15) is 4.21 Å². The van der Waals surface area contributed by atoms with Gasteiger partial charge in [-0.15, -0.1) is 11.3 Å². The molecule has 0 unspecified atom stereocenters. The Hall–Kier alpha value is -0.890. The highest BCUT2D eigenvalue weighted by atomic mass is 35.5. The zero-order valence-corrected chi connectivity index (χ0v) is 14.8. The summed E-state index contributed by atoms with van der Waals surface area (Å²) >= 11 is 6.89. The molecule has 0 amide bonds. The van der Waals surface area contributed by atoms with Crippen LogP contribution in [0.2, 0.25) is 4.34 Å². The zero-order chi connectivity index (χ0) is 15.8. The number of sulfonamides is 1. The molecule has 0 saturated carbocycles. The van der Waals surface area contributed by atoms with E-state index in [1.807, 2.05) is 25.5 Å². The van der Waals surface area contributed by atoms with Crippen LogP contribution in [0.1, 0.15) is 23.9 Å². The van der Waals surface area contributed by atoms with E-state index in [2.05, 4.69) is 5.10 Å². The van der Waals surface area contributed by atoms with Gasteiger partial charge in [0.2, 0.25) is 0 Å². The van der Waals surface area contributed by atoms with Crippen LogP contribution in [0.4, 0.5) is 0 Å². The lowest BCUT2D eigenvalue weighted by Crippen LogP contribution is -2.26. The highest BCUT2D eigenvalue weighted by molar-refractivity contribution is 7.91. The van der Waals surface area contributed by atoms with E-state index in [0.717, 1.165) is 34.8 Å². The Morgan fingerprint density at radius 2 is 2.05 bits per heavy atom. The molecule has 116 valence electrons. The maximum Gasteiger partial charge on any atom is 0.252 e. The Bertz CT molecular complexity index is 750. The molecular formula is C13H18ClN3O2S2. The van der Waals surface area contributed by atoms with Gasteiger partial charge >= 0.3 is 0 Å². The molecule has 2 rings (SSSR count). The van der Waals surface area contributed by atoms with Crippen molar-refractivity contribution in [3.8, 4) is 0 Å². The molecule has 0 fully saturated rings. The van der Waals surface area contributed by atoms with Crippen molar-refractivity contribution in [2.45, 2.75) is 38.1 Å². The van der Waals surface area contributed by atoms with Gasteiger partial charge in [-0.25, -0.2) is 8.42 Å². The van der Waals surface area contributed by atoms with Gasteiger partial charge < -0.3 is 0 Å². The van der Waals surface area contributed by atoms with E-state index in [4.69, 9.17) is 11.6 Å². The quantitative estimate of drug-likeness (QED) is 0.835. The van der Waals surface area contributed by atoms with Crippen LogP contribution in [-0.2, 0) is 23.1 Å². The number of aryl methyl sites for hydroxylation is 2. The SMILES string of the molecule is CCn1nc(C)c(CN(C)S(=O)(=O)c2ccc(Cl)s2)c1C. The Morgan fingerprint density at radius 1 is 1.38 bits per heavy atom. The van der Waals surface area contributed by atoms with E-state index in [1.165, 1.54) is 10.4 Å². The molecule has 0 aromatic carbocycles. The predicted molar refractivity (Wildman–Crippen MR) is 85.4 cm³/mol. The van der Waals surface area contributed by atoms with Crippen molar-refractivity contribution >= 4 is 33.0 Å². The number of rotatable bonds is 5. The topological polar surface area (TPSA) is 55.2 Å². The molecule has 0 bridgehead atoms. The lowest BCUT2D eigenvalue weighted by molar-refractivity contribution is 0.466. The van der Waals surface area contributed by atoms with E-state index >= 15 is 0 Å². The van der Waals surface area contributed by atoms with Gasteiger partial charge in [-0.2, -0.15) is 9.40 Å². The molecule has 0 atom stereocenters. The number of hydrogen-bond donors (Lipinski definition) is 0. The molecule has 21 heavy (non-hydrogen) atoms. The fraction of sp³-hybridized carbons (Fsp3) is 0.462. The van der Waals surface area contributed by atoms with Crippen LogP contribution >= 0.6 is 22.9 Å². The maximum absolute atomic E-state index is 12.5. The summed E-state index contributed by atoms with van der Waals surface area (Å²) in [7, 11) is -1.94. The average molecular weight is 348 g/mol. The van der Waals surface area contributed by atoms with Crippen molar-refractivity contribution in [3.63, 3.8) is 0 Å². The number of halogens is 1. The molecule has 2 heterocycles. The molecule has 0 N–H and O–H groups in total. The smallest absolute Gasteiger partial charge is 0.252 e. The van der Waals surface area contributed by atoms with Crippen LogP contribution in [0.5, 0.6) is 0 Å². The van der Waals surface area contributed by atoms with Crippen LogP contribution < -0.4 is 0 Å². The molecule has 8 heteroatoms. The summed E-state index contributed by atoms with van der Waals surface area (Å²) in [6.07, 6.45) is 0. The highest BCUT2D eigenvalue weighted by Crippen LogP contribution is 2.28. The summed E-state index contributed by atoms with van der Waals surface area (Å²) < 4.78 is 28.9. The van der Waals surface area contributed by atoms with E-state index in [1.54, 1.807) is 13.1 Å². The summed E-state index contributed by atoms with van der Waals surface area (Å²) in [5.74, 6) is 0. The zero-order valence-electron chi connectivity index (χ0n) is 12.4. The number of aromatic nitrogens is 2. The summed E-state index contributed by atoms with van der Waals surface area (Å²) in [5, 5.41) is 4.42. The molecule has 2 aromatic heterocycles. The second-order valence-electron chi connectivity index (χ2n) is 4.78. The first-order valence-corrected chi connectivity index (χ1v) is 9.15. The first-order valence-electron chi connectivity index (χ1n) is 6.52. The Labute approximate surface area is 134 Å². The molecule has 5 nitrogen and oxygen atoms in total. The Kier molecular flexibility index (Phi) is 4.77. The third kappa shape index (κ3) is 3.15. The lowest BCUT2D eigenvalue weighted by Gasteiger charge is -2.16. The predicted octanol–water partition coefficient (Wildman–Crippen LogP) is 3.06. The number of thiophene rings is 1. The molecule has 0 spiro atoms. The van der Waals surface area contributed by atoms with Crippen molar-refractivity contribution in [3.05, 3.63) is 33.4 Å². The van der Waals surface area contributed by atoms with Crippen LogP contribution in [0.15, 0.2) is 16.3 Å². The third-order valence-electron chi connectivity index (χ3n) is 3.42. The molecule has 0 saturated heterocycles. The lowest BCUT2D eigenvalue weighted by atomic mass is 10.2. The van der Waals surface area contributed by atoms with E-state index in [-0.39, 0.29) is 4.21 Å². The van der Waals surface area contributed by atoms with E-state index in [9.17, 15) is 8.42 Å². The molecule has 0 aliphatic carbocycles. The van der Waals surface area contributed by atoms with Gasteiger partial charge in [-0.05, 0) is 32.9 Å². The first-order chi connectivity index (χ1) is 9.77. The van der Waals surface area contributed by atoms with Gasteiger partial charge in [-0.1, -0.05) is 11.6 Å². The van der Waals surface area contributed by atoms with Gasteiger partial charge in [0.05, 0.1) is 10.0 Å². The number of hydrogen-bond acceptors (Lipinski definition) is 4. The van der Waals surface area contributed by atoms with Crippen LogP contribution in [0, 0.1) is 13.8 Å². The Balaban J connectivity index is 2.30. The highest BCUT2D eigenvalue weighted by Gasteiger charge is 2.25. The third-order valence-corrected chi connectivity index (χ3v) is 6.93. The van der Waals surface area contributed by atoms with Crippen molar-refractivity contribution in [1.82, 2.24) is 14.1 Å².